The lowest BCUT2D eigenvalue weighted by Gasteiger charge is -2.34. The van der Waals surface area contributed by atoms with E-state index in [1.54, 1.807) is 16.7 Å². The molecule has 2 fully saturated rings. The lowest BCUT2D eigenvalue weighted by atomic mass is 10.0. The van der Waals surface area contributed by atoms with E-state index in [-0.39, 0.29) is 30.1 Å². The fourth-order valence-corrected chi connectivity index (χ4v) is 2.56. The first-order valence-electron chi connectivity index (χ1n) is 6.40. The zero-order valence-corrected chi connectivity index (χ0v) is 10.8. The topological polar surface area (TPSA) is 69.7 Å². The lowest BCUT2D eigenvalue weighted by molar-refractivity contribution is -0.145. The van der Waals surface area contributed by atoms with Crippen molar-refractivity contribution in [2.75, 3.05) is 26.2 Å². The molecule has 1 N–H and O–H groups in total. The van der Waals surface area contributed by atoms with Crippen LogP contribution in [0.4, 0.5) is 0 Å². The van der Waals surface area contributed by atoms with E-state index < -0.39 is 6.04 Å². The number of amides is 3. The number of likely N-dealkylation sites (tertiary alicyclic amines) is 1. The van der Waals surface area contributed by atoms with E-state index >= 15 is 0 Å². The van der Waals surface area contributed by atoms with Crippen molar-refractivity contribution in [2.24, 2.45) is 5.92 Å². The summed E-state index contributed by atoms with van der Waals surface area (Å²) in [5.74, 6) is -0.441. The average Bonchev–Trinajstić information content (AvgIpc) is 2.73. The molecule has 100 valence electrons. The maximum atomic E-state index is 12.3. The Morgan fingerprint density at radius 1 is 1.44 bits per heavy atom. The van der Waals surface area contributed by atoms with Gasteiger partial charge in [0.05, 0.1) is 5.92 Å². The van der Waals surface area contributed by atoms with Gasteiger partial charge < -0.3 is 15.1 Å². The van der Waals surface area contributed by atoms with Gasteiger partial charge in [0.25, 0.3) is 0 Å². The zero-order valence-electron chi connectivity index (χ0n) is 10.8. The fourth-order valence-electron chi connectivity index (χ4n) is 2.56. The minimum absolute atomic E-state index is 0.0324. The van der Waals surface area contributed by atoms with Gasteiger partial charge in [-0.2, -0.15) is 0 Å². The molecular weight excluding hydrogens is 234 g/mol. The Bertz CT molecular complexity index is 383. The van der Waals surface area contributed by atoms with Gasteiger partial charge in [-0.05, 0) is 13.8 Å². The minimum atomic E-state index is -0.433. The van der Waals surface area contributed by atoms with Crippen LogP contribution in [0, 0.1) is 5.92 Å². The highest BCUT2D eigenvalue weighted by Gasteiger charge is 2.39. The van der Waals surface area contributed by atoms with E-state index in [4.69, 9.17) is 0 Å². The van der Waals surface area contributed by atoms with E-state index in [0.717, 1.165) is 0 Å². The second kappa shape index (κ2) is 4.96. The molecule has 18 heavy (non-hydrogen) atoms. The molecule has 2 atom stereocenters. The highest BCUT2D eigenvalue weighted by Crippen LogP contribution is 2.21. The molecule has 0 bridgehead atoms. The molecular formula is C12H19N3O3. The van der Waals surface area contributed by atoms with Gasteiger partial charge in [-0.3, -0.25) is 14.4 Å². The summed E-state index contributed by atoms with van der Waals surface area (Å²) in [6, 6.07) is -0.433. The maximum Gasteiger partial charge on any atom is 0.242 e. The van der Waals surface area contributed by atoms with E-state index in [9.17, 15) is 14.4 Å². The molecule has 0 aromatic heterocycles. The second-order valence-electron chi connectivity index (χ2n) is 4.83. The number of nitrogens with one attached hydrogen (secondary N) is 1. The normalized spacial score (nSPS) is 28.6. The van der Waals surface area contributed by atoms with Crippen LogP contribution in [0.1, 0.15) is 20.3 Å². The molecule has 0 aromatic rings. The van der Waals surface area contributed by atoms with Gasteiger partial charge in [0.15, 0.2) is 0 Å². The van der Waals surface area contributed by atoms with Crippen molar-refractivity contribution in [3.8, 4) is 0 Å². The molecule has 2 aliphatic heterocycles. The SMILES string of the molecule is CCN1CC(C(=O)N2CCNC(=O)C2C)CC1=O. The summed E-state index contributed by atoms with van der Waals surface area (Å²) in [5.41, 5.74) is 0. The number of nitrogens with zero attached hydrogens (tertiary/aromatic N) is 2. The Morgan fingerprint density at radius 2 is 2.17 bits per heavy atom. The van der Waals surface area contributed by atoms with Crippen molar-refractivity contribution < 1.29 is 14.4 Å². The van der Waals surface area contributed by atoms with Gasteiger partial charge in [0, 0.05) is 32.6 Å². The van der Waals surface area contributed by atoms with Crippen LogP contribution in [0.2, 0.25) is 0 Å². The quantitative estimate of drug-likeness (QED) is 0.700. The van der Waals surface area contributed by atoms with Gasteiger partial charge in [0.2, 0.25) is 17.7 Å². The van der Waals surface area contributed by atoms with Crippen molar-refractivity contribution in [3.63, 3.8) is 0 Å². The van der Waals surface area contributed by atoms with Gasteiger partial charge in [-0.1, -0.05) is 0 Å². The first kappa shape index (κ1) is 12.9. The summed E-state index contributed by atoms with van der Waals surface area (Å²) >= 11 is 0. The van der Waals surface area contributed by atoms with Crippen LogP contribution in [-0.4, -0.2) is 59.7 Å². The smallest absolute Gasteiger partial charge is 0.242 e. The standard InChI is InChI=1S/C12H19N3O3/c1-3-14-7-9(6-10(14)16)12(18)15-5-4-13-11(17)8(15)2/h8-9H,3-7H2,1-2H3,(H,13,17). The van der Waals surface area contributed by atoms with Crippen molar-refractivity contribution >= 4 is 17.7 Å². The van der Waals surface area contributed by atoms with E-state index in [2.05, 4.69) is 5.32 Å². The number of hydrogen-bond acceptors (Lipinski definition) is 3. The first-order chi connectivity index (χ1) is 8.54. The van der Waals surface area contributed by atoms with E-state index in [1.165, 1.54) is 0 Å². The molecule has 2 rings (SSSR count). The van der Waals surface area contributed by atoms with E-state index in [1.807, 2.05) is 6.92 Å². The summed E-state index contributed by atoms with van der Waals surface area (Å²) in [6.45, 7) is 5.77. The highest BCUT2D eigenvalue weighted by molar-refractivity contribution is 5.93. The van der Waals surface area contributed by atoms with Gasteiger partial charge in [-0.15, -0.1) is 0 Å². The number of piperazine rings is 1. The lowest BCUT2D eigenvalue weighted by Crippen LogP contribution is -2.57. The Morgan fingerprint density at radius 3 is 2.78 bits per heavy atom. The van der Waals surface area contributed by atoms with Crippen LogP contribution in [0.15, 0.2) is 0 Å². The average molecular weight is 253 g/mol. The Balaban J connectivity index is 2.03. The van der Waals surface area contributed by atoms with Crippen LogP contribution in [0.25, 0.3) is 0 Å². The third kappa shape index (κ3) is 2.19. The van der Waals surface area contributed by atoms with Gasteiger partial charge in [0.1, 0.15) is 6.04 Å². The van der Waals surface area contributed by atoms with Crippen molar-refractivity contribution in [1.29, 1.82) is 0 Å². The monoisotopic (exact) mass is 253 g/mol. The predicted octanol–water partition coefficient (Wildman–Crippen LogP) is -0.798. The number of rotatable bonds is 2. The first-order valence-corrected chi connectivity index (χ1v) is 6.40. The Labute approximate surface area is 106 Å². The van der Waals surface area contributed by atoms with Crippen molar-refractivity contribution in [2.45, 2.75) is 26.3 Å². The van der Waals surface area contributed by atoms with Gasteiger partial charge in [-0.25, -0.2) is 0 Å². The molecule has 0 spiro atoms. The summed E-state index contributed by atoms with van der Waals surface area (Å²) in [5, 5.41) is 2.73. The molecule has 6 nitrogen and oxygen atoms in total. The minimum Gasteiger partial charge on any atom is -0.353 e. The fraction of sp³-hybridized carbons (Fsp3) is 0.750. The summed E-state index contributed by atoms with van der Waals surface area (Å²) in [4.78, 5) is 38.8. The number of carbonyl (C=O) groups is 3. The molecule has 3 amide bonds. The molecule has 0 aromatic carbocycles. The summed E-state index contributed by atoms with van der Waals surface area (Å²) < 4.78 is 0. The van der Waals surface area contributed by atoms with Crippen molar-refractivity contribution in [1.82, 2.24) is 15.1 Å². The molecule has 0 aliphatic carbocycles. The predicted molar refractivity (Wildman–Crippen MR) is 64.5 cm³/mol. The van der Waals surface area contributed by atoms with Crippen LogP contribution in [0.5, 0.6) is 0 Å². The third-order valence-electron chi connectivity index (χ3n) is 3.73. The van der Waals surface area contributed by atoms with Crippen LogP contribution >= 0.6 is 0 Å². The molecule has 0 saturated carbocycles. The number of hydrogen-bond donors (Lipinski definition) is 1. The summed E-state index contributed by atoms with van der Waals surface area (Å²) in [6.07, 6.45) is 0.275. The summed E-state index contributed by atoms with van der Waals surface area (Å²) in [7, 11) is 0. The Kier molecular flexibility index (Phi) is 3.54. The molecule has 2 unspecified atom stereocenters. The molecule has 2 saturated heterocycles. The third-order valence-corrected chi connectivity index (χ3v) is 3.73. The molecule has 2 aliphatic rings. The van der Waals surface area contributed by atoms with Crippen LogP contribution < -0.4 is 5.32 Å². The largest absolute Gasteiger partial charge is 0.353 e. The Hall–Kier alpha value is -1.59. The molecule has 0 radical (unpaired) electrons. The molecule has 2 heterocycles. The molecule has 6 heteroatoms. The van der Waals surface area contributed by atoms with E-state index in [0.29, 0.717) is 26.2 Å². The van der Waals surface area contributed by atoms with Gasteiger partial charge >= 0.3 is 0 Å². The second-order valence-corrected chi connectivity index (χ2v) is 4.83. The highest BCUT2D eigenvalue weighted by atomic mass is 16.2. The number of carbonyl (C=O) groups excluding carboxylic acids is 3. The van der Waals surface area contributed by atoms with Crippen LogP contribution in [0.3, 0.4) is 0 Å². The maximum absolute atomic E-state index is 12.3. The van der Waals surface area contributed by atoms with Crippen LogP contribution in [-0.2, 0) is 14.4 Å². The van der Waals surface area contributed by atoms with Crippen molar-refractivity contribution in [3.05, 3.63) is 0 Å². The zero-order chi connectivity index (χ0) is 13.3.